The van der Waals surface area contributed by atoms with E-state index in [0.29, 0.717) is 5.88 Å². The third-order valence-electron chi connectivity index (χ3n) is 5.02. The summed E-state index contributed by atoms with van der Waals surface area (Å²) in [6.45, 7) is 0. The summed E-state index contributed by atoms with van der Waals surface area (Å²) in [5, 5.41) is 0. The lowest BCUT2D eigenvalue weighted by Gasteiger charge is -2.38. The van der Waals surface area contributed by atoms with Crippen LogP contribution in [0.15, 0.2) is 42.6 Å². The fraction of sp³-hybridized carbons (Fsp3) is 0.368. The Bertz CT molecular complexity index is 770. The van der Waals surface area contributed by atoms with Gasteiger partial charge in [-0.25, -0.2) is 13.8 Å². The van der Waals surface area contributed by atoms with Gasteiger partial charge in [0.05, 0.1) is 0 Å². The van der Waals surface area contributed by atoms with Gasteiger partial charge in [-0.3, -0.25) is 4.79 Å². The van der Waals surface area contributed by atoms with Gasteiger partial charge in [0.25, 0.3) is 5.91 Å². The molecule has 2 fully saturated rings. The number of piperidine rings is 1. The SMILES string of the molecule is O=C(c1ccc(F)c(F)c1)N1C2CCC1CC(Oc1ccccn1)C2. The van der Waals surface area contributed by atoms with E-state index in [2.05, 4.69) is 4.98 Å². The van der Waals surface area contributed by atoms with Crippen LogP contribution in [-0.4, -0.2) is 34.0 Å². The number of rotatable bonds is 3. The number of hydrogen-bond donors (Lipinski definition) is 0. The molecule has 0 radical (unpaired) electrons. The van der Waals surface area contributed by atoms with Crippen molar-refractivity contribution in [1.82, 2.24) is 9.88 Å². The second kappa shape index (κ2) is 6.43. The summed E-state index contributed by atoms with van der Waals surface area (Å²) >= 11 is 0. The van der Waals surface area contributed by atoms with Crippen molar-refractivity contribution in [2.45, 2.75) is 43.9 Å². The third-order valence-corrected chi connectivity index (χ3v) is 5.02. The summed E-state index contributed by atoms with van der Waals surface area (Å²) in [6.07, 6.45) is 4.96. The molecule has 1 aromatic carbocycles. The Balaban J connectivity index is 1.48. The van der Waals surface area contributed by atoms with E-state index >= 15 is 0 Å². The number of pyridine rings is 1. The normalized spacial score (nSPS) is 25.0. The minimum Gasteiger partial charge on any atom is -0.474 e. The van der Waals surface area contributed by atoms with Gasteiger partial charge in [-0.05, 0) is 37.1 Å². The number of carbonyl (C=O) groups is 1. The number of halogens is 2. The summed E-state index contributed by atoms with van der Waals surface area (Å²) in [6, 6.07) is 8.98. The highest BCUT2D eigenvalue weighted by Crippen LogP contribution is 2.38. The summed E-state index contributed by atoms with van der Waals surface area (Å²) < 4.78 is 32.5. The van der Waals surface area contributed by atoms with Crippen LogP contribution in [0.2, 0.25) is 0 Å². The molecule has 2 saturated heterocycles. The summed E-state index contributed by atoms with van der Waals surface area (Å²) in [5.41, 5.74) is 0.194. The molecule has 0 saturated carbocycles. The molecule has 3 heterocycles. The zero-order valence-electron chi connectivity index (χ0n) is 13.6. The lowest BCUT2D eigenvalue weighted by Crippen LogP contribution is -2.49. The van der Waals surface area contributed by atoms with Gasteiger partial charge in [-0.15, -0.1) is 0 Å². The van der Waals surface area contributed by atoms with Crippen LogP contribution in [0.1, 0.15) is 36.0 Å². The van der Waals surface area contributed by atoms with Crippen LogP contribution in [0.25, 0.3) is 0 Å². The average molecular weight is 344 g/mol. The maximum atomic E-state index is 13.4. The largest absolute Gasteiger partial charge is 0.474 e. The van der Waals surface area contributed by atoms with E-state index in [4.69, 9.17) is 4.74 Å². The van der Waals surface area contributed by atoms with Crippen LogP contribution in [0.5, 0.6) is 5.88 Å². The van der Waals surface area contributed by atoms with Crippen molar-refractivity contribution in [3.8, 4) is 5.88 Å². The highest BCUT2D eigenvalue weighted by molar-refractivity contribution is 5.95. The smallest absolute Gasteiger partial charge is 0.254 e. The Morgan fingerprint density at radius 3 is 2.48 bits per heavy atom. The van der Waals surface area contributed by atoms with Crippen LogP contribution in [0, 0.1) is 11.6 Å². The van der Waals surface area contributed by atoms with Crippen LogP contribution < -0.4 is 4.74 Å². The molecule has 0 aliphatic carbocycles. The molecule has 6 heteroatoms. The predicted molar refractivity (Wildman–Crippen MR) is 87.2 cm³/mol. The molecule has 1 aromatic heterocycles. The molecule has 2 unspecified atom stereocenters. The van der Waals surface area contributed by atoms with E-state index in [0.717, 1.165) is 37.8 Å². The second-order valence-electron chi connectivity index (χ2n) is 6.61. The average Bonchev–Trinajstić information content (AvgIpc) is 2.88. The monoisotopic (exact) mass is 344 g/mol. The predicted octanol–water partition coefficient (Wildman–Crippen LogP) is 3.57. The van der Waals surface area contributed by atoms with Crippen LogP contribution >= 0.6 is 0 Å². The second-order valence-corrected chi connectivity index (χ2v) is 6.61. The van der Waals surface area contributed by atoms with Gasteiger partial charge in [0.1, 0.15) is 6.10 Å². The van der Waals surface area contributed by atoms with Crippen molar-refractivity contribution >= 4 is 5.91 Å². The molecule has 0 N–H and O–H groups in total. The molecule has 4 nitrogen and oxygen atoms in total. The minimum atomic E-state index is -0.994. The van der Waals surface area contributed by atoms with E-state index < -0.39 is 11.6 Å². The standard InChI is InChI=1S/C19H18F2N2O2/c20-16-7-4-12(9-17(16)21)19(24)23-13-5-6-14(23)11-15(10-13)25-18-3-1-2-8-22-18/h1-4,7-9,13-15H,5-6,10-11H2. The van der Waals surface area contributed by atoms with Gasteiger partial charge in [0.15, 0.2) is 11.6 Å². The Labute approximate surface area is 144 Å². The van der Waals surface area contributed by atoms with Gasteiger partial charge in [0, 0.05) is 42.8 Å². The Morgan fingerprint density at radius 2 is 1.84 bits per heavy atom. The molecular formula is C19H18F2N2O2. The highest BCUT2D eigenvalue weighted by atomic mass is 19.2. The number of nitrogens with zero attached hydrogens (tertiary/aromatic N) is 2. The zero-order valence-corrected chi connectivity index (χ0v) is 13.6. The topological polar surface area (TPSA) is 42.4 Å². The quantitative estimate of drug-likeness (QED) is 0.855. The van der Waals surface area contributed by atoms with E-state index in [1.807, 2.05) is 23.1 Å². The first-order valence-electron chi connectivity index (χ1n) is 8.47. The number of aromatic nitrogens is 1. The molecule has 4 rings (SSSR count). The van der Waals surface area contributed by atoms with Crippen LogP contribution in [0.3, 0.4) is 0 Å². The van der Waals surface area contributed by atoms with Crippen LogP contribution in [0.4, 0.5) is 8.78 Å². The maximum absolute atomic E-state index is 13.4. The number of carbonyl (C=O) groups excluding carboxylic acids is 1. The summed E-state index contributed by atoms with van der Waals surface area (Å²) in [5.74, 6) is -1.58. The molecule has 2 aliphatic rings. The molecule has 2 aliphatic heterocycles. The zero-order chi connectivity index (χ0) is 17.4. The molecular weight excluding hydrogens is 326 g/mol. The first-order chi connectivity index (χ1) is 12.1. The van der Waals surface area contributed by atoms with Gasteiger partial charge in [0.2, 0.25) is 5.88 Å². The Hall–Kier alpha value is -2.50. The van der Waals surface area contributed by atoms with Gasteiger partial charge < -0.3 is 9.64 Å². The molecule has 0 spiro atoms. The van der Waals surface area contributed by atoms with Crippen molar-refractivity contribution < 1.29 is 18.3 Å². The van der Waals surface area contributed by atoms with Crippen LogP contribution in [-0.2, 0) is 0 Å². The summed E-state index contributed by atoms with van der Waals surface area (Å²) in [4.78, 5) is 18.8. The third kappa shape index (κ3) is 3.08. The van der Waals surface area contributed by atoms with Crippen molar-refractivity contribution in [3.63, 3.8) is 0 Å². The van der Waals surface area contributed by atoms with Crippen molar-refractivity contribution in [2.24, 2.45) is 0 Å². The molecule has 2 atom stereocenters. The fourth-order valence-corrected chi connectivity index (χ4v) is 3.92. The fourth-order valence-electron chi connectivity index (χ4n) is 3.92. The number of hydrogen-bond acceptors (Lipinski definition) is 3. The van der Waals surface area contributed by atoms with Crippen molar-refractivity contribution in [1.29, 1.82) is 0 Å². The van der Waals surface area contributed by atoms with Gasteiger partial charge >= 0.3 is 0 Å². The number of fused-ring (bicyclic) bond motifs is 2. The molecule has 2 aromatic rings. The highest BCUT2D eigenvalue weighted by Gasteiger charge is 2.44. The Kier molecular flexibility index (Phi) is 4.11. The van der Waals surface area contributed by atoms with Gasteiger partial charge in [-0.1, -0.05) is 6.07 Å². The first kappa shape index (κ1) is 16.0. The van der Waals surface area contributed by atoms with E-state index in [1.54, 1.807) is 6.20 Å². The molecule has 2 bridgehead atoms. The van der Waals surface area contributed by atoms with Gasteiger partial charge in [-0.2, -0.15) is 0 Å². The summed E-state index contributed by atoms with van der Waals surface area (Å²) in [7, 11) is 0. The maximum Gasteiger partial charge on any atom is 0.254 e. The minimum absolute atomic E-state index is 0.0152. The molecule has 1 amide bonds. The lowest BCUT2D eigenvalue weighted by atomic mass is 9.98. The van der Waals surface area contributed by atoms with Crippen molar-refractivity contribution in [2.75, 3.05) is 0 Å². The number of ether oxygens (including phenoxy) is 1. The first-order valence-corrected chi connectivity index (χ1v) is 8.47. The lowest BCUT2D eigenvalue weighted by molar-refractivity contribution is 0.0347. The van der Waals surface area contributed by atoms with Crippen molar-refractivity contribution in [3.05, 3.63) is 59.8 Å². The number of amides is 1. The number of benzene rings is 1. The van der Waals surface area contributed by atoms with E-state index in [-0.39, 0.29) is 29.7 Å². The van der Waals surface area contributed by atoms with E-state index in [1.165, 1.54) is 6.07 Å². The van der Waals surface area contributed by atoms with E-state index in [9.17, 15) is 13.6 Å². The molecule has 130 valence electrons. The Morgan fingerprint density at radius 1 is 1.08 bits per heavy atom. The molecule has 25 heavy (non-hydrogen) atoms.